The fourth-order valence-corrected chi connectivity index (χ4v) is 2.88. The lowest BCUT2D eigenvalue weighted by atomic mass is 10.2. The van der Waals surface area contributed by atoms with Crippen LogP contribution in [0.3, 0.4) is 0 Å². The van der Waals surface area contributed by atoms with Gasteiger partial charge in [-0.25, -0.2) is 9.78 Å². The van der Waals surface area contributed by atoms with Gasteiger partial charge in [0.05, 0.1) is 5.56 Å². The molecule has 1 fully saturated rings. The minimum absolute atomic E-state index is 0.144. The predicted octanol–water partition coefficient (Wildman–Crippen LogP) is 2.10. The van der Waals surface area contributed by atoms with Crippen LogP contribution in [-0.4, -0.2) is 30.0 Å². The summed E-state index contributed by atoms with van der Waals surface area (Å²) in [6.07, 6.45) is 3.97. The molecule has 1 aromatic heterocycles. The molecule has 1 aromatic carbocycles. The second-order valence-corrected chi connectivity index (χ2v) is 5.94. The third-order valence-electron chi connectivity index (χ3n) is 4.11. The highest BCUT2D eigenvalue weighted by molar-refractivity contribution is 5.98. The minimum Gasteiger partial charge on any atom is -0.356 e. The highest BCUT2D eigenvalue weighted by atomic mass is 16.2. The third-order valence-corrected chi connectivity index (χ3v) is 4.11. The first-order chi connectivity index (χ1) is 12.1. The molecule has 1 aliphatic rings. The molecule has 1 aliphatic heterocycles. The van der Waals surface area contributed by atoms with Crippen LogP contribution in [0, 0.1) is 0 Å². The van der Waals surface area contributed by atoms with Crippen molar-refractivity contribution in [2.24, 2.45) is 5.73 Å². The number of nitrogens with zero attached hydrogens (tertiary/aromatic N) is 2. The highest BCUT2D eigenvalue weighted by Crippen LogP contribution is 2.21. The summed E-state index contributed by atoms with van der Waals surface area (Å²) in [5.74, 6) is 0.604. The number of aromatic nitrogens is 1. The topological polar surface area (TPSA) is 100 Å². The van der Waals surface area contributed by atoms with Gasteiger partial charge in [-0.3, -0.25) is 4.79 Å². The molecule has 0 atom stereocenters. The van der Waals surface area contributed by atoms with Crippen LogP contribution in [0.1, 0.15) is 28.8 Å². The SMILES string of the molecule is NC(=O)Nc1ccc(CNC(=O)c2cccnc2N2CCCC2)cc1. The van der Waals surface area contributed by atoms with Gasteiger partial charge in [0.1, 0.15) is 5.82 Å². The van der Waals surface area contributed by atoms with Crippen LogP contribution in [-0.2, 0) is 6.54 Å². The van der Waals surface area contributed by atoms with E-state index in [-0.39, 0.29) is 5.91 Å². The zero-order chi connectivity index (χ0) is 17.6. The maximum absolute atomic E-state index is 12.6. The number of pyridine rings is 1. The number of carbonyl (C=O) groups excluding carboxylic acids is 2. The van der Waals surface area contributed by atoms with Gasteiger partial charge >= 0.3 is 6.03 Å². The average molecular weight is 339 g/mol. The number of rotatable bonds is 5. The first kappa shape index (κ1) is 16.8. The molecule has 2 heterocycles. The van der Waals surface area contributed by atoms with Gasteiger partial charge in [-0.05, 0) is 42.7 Å². The largest absolute Gasteiger partial charge is 0.356 e. The molecule has 0 unspecified atom stereocenters. The molecule has 7 nitrogen and oxygen atoms in total. The van der Waals surface area contributed by atoms with E-state index in [4.69, 9.17) is 5.73 Å². The summed E-state index contributed by atoms with van der Waals surface area (Å²) in [4.78, 5) is 29.9. The van der Waals surface area contributed by atoms with E-state index in [1.165, 1.54) is 0 Å². The summed E-state index contributed by atoms with van der Waals surface area (Å²) in [7, 11) is 0. The van der Waals surface area contributed by atoms with Crippen LogP contribution in [0.4, 0.5) is 16.3 Å². The summed E-state index contributed by atoms with van der Waals surface area (Å²) in [6.45, 7) is 2.27. The standard InChI is InChI=1S/C18H21N5O2/c19-18(25)22-14-7-5-13(6-8-14)12-21-17(24)15-4-3-9-20-16(15)23-10-1-2-11-23/h3-9H,1-2,10-12H2,(H,21,24)(H3,19,22,25). The van der Waals surface area contributed by atoms with Gasteiger partial charge in [0, 0.05) is 31.5 Å². The molecule has 2 aromatic rings. The van der Waals surface area contributed by atoms with E-state index in [2.05, 4.69) is 20.5 Å². The molecule has 0 radical (unpaired) electrons. The molecular formula is C18H21N5O2. The Labute approximate surface area is 146 Å². The fourth-order valence-electron chi connectivity index (χ4n) is 2.88. The predicted molar refractivity (Wildman–Crippen MR) is 96.5 cm³/mol. The Morgan fingerprint density at radius 1 is 1.12 bits per heavy atom. The Hall–Kier alpha value is -3.09. The number of amides is 3. The number of hydrogen-bond donors (Lipinski definition) is 3. The number of carbonyl (C=O) groups is 2. The van der Waals surface area contributed by atoms with Crippen LogP contribution < -0.4 is 21.3 Å². The van der Waals surface area contributed by atoms with Crippen molar-refractivity contribution in [2.45, 2.75) is 19.4 Å². The minimum atomic E-state index is -0.605. The van der Waals surface area contributed by atoms with E-state index in [1.54, 1.807) is 30.5 Å². The van der Waals surface area contributed by atoms with Crippen molar-refractivity contribution in [1.82, 2.24) is 10.3 Å². The van der Waals surface area contributed by atoms with Crippen LogP contribution in [0.15, 0.2) is 42.6 Å². The lowest BCUT2D eigenvalue weighted by Crippen LogP contribution is -2.28. The third kappa shape index (κ3) is 4.26. The van der Waals surface area contributed by atoms with E-state index in [0.29, 0.717) is 17.8 Å². The Morgan fingerprint density at radius 2 is 1.84 bits per heavy atom. The van der Waals surface area contributed by atoms with Gasteiger partial charge < -0.3 is 21.3 Å². The zero-order valence-corrected chi connectivity index (χ0v) is 13.9. The van der Waals surface area contributed by atoms with Gasteiger partial charge in [0.15, 0.2) is 0 Å². The molecule has 0 spiro atoms. The van der Waals surface area contributed by atoms with Crippen molar-refractivity contribution in [3.05, 3.63) is 53.7 Å². The van der Waals surface area contributed by atoms with Gasteiger partial charge in [0.2, 0.25) is 0 Å². The van der Waals surface area contributed by atoms with E-state index >= 15 is 0 Å². The second-order valence-electron chi connectivity index (χ2n) is 5.94. The van der Waals surface area contributed by atoms with Gasteiger partial charge in [-0.15, -0.1) is 0 Å². The lowest BCUT2D eigenvalue weighted by molar-refractivity contribution is 0.0951. The Morgan fingerprint density at radius 3 is 2.52 bits per heavy atom. The van der Waals surface area contributed by atoms with Crippen molar-refractivity contribution in [2.75, 3.05) is 23.3 Å². The van der Waals surface area contributed by atoms with Crippen molar-refractivity contribution in [3.8, 4) is 0 Å². The molecule has 3 rings (SSSR count). The smallest absolute Gasteiger partial charge is 0.316 e. The first-order valence-corrected chi connectivity index (χ1v) is 8.27. The molecule has 7 heteroatoms. The second kappa shape index (κ2) is 7.65. The Balaban J connectivity index is 1.64. The van der Waals surface area contributed by atoms with E-state index in [9.17, 15) is 9.59 Å². The maximum atomic E-state index is 12.6. The molecule has 3 amide bonds. The molecule has 4 N–H and O–H groups in total. The van der Waals surface area contributed by atoms with Crippen molar-refractivity contribution < 1.29 is 9.59 Å². The molecule has 0 saturated carbocycles. The van der Waals surface area contributed by atoms with Crippen LogP contribution in [0.5, 0.6) is 0 Å². The summed E-state index contributed by atoms with van der Waals surface area (Å²) in [5.41, 5.74) is 7.21. The Kier molecular flexibility index (Phi) is 5.13. The Bertz CT molecular complexity index is 754. The monoisotopic (exact) mass is 339 g/mol. The van der Waals surface area contributed by atoms with Crippen LogP contribution in [0.2, 0.25) is 0 Å². The fraction of sp³-hybridized carbons (Fsp3) is 0.278. The number of primary amides is 1. The normalized spacial score (nSPS) is 13.5. The van der Waals surface area contributed by atoms with Crippen molar-refractivity contribution >= 4 is 23.4 Å². The van der Waals surface area contributed by atoms with Crippen molar-refractivity contribution in [3.63, 3.8) is 0 Å². The molecule has 25 heavy (non-hydrogen) atoms. The zero-order valence-electron chi connectivity index (χ0n) is 13.9. The number of benzene rings is 1. The quantitative estimate of drug-likeness (QED) is 0.776. The number of nitrogens with two attached hydrogens (primary N) is 1. The molecule has 1 saturated heterocycles. The summed E-state index contributed by atoms with van der Waals surface area (Å²) in [5, 5.41) is 5.42. The molecule has 130 valence electrons. The first-order valence-electron chi connectivity index (χ1n) is 8.27. The average Bonchev–Trinajstić information content (AvgIpc) is 3.15. The number of urea groups is 1. The lowest BCUT2D eigenvalue weighted by Gasteiger charge is -2.19. The molecule has 0 bridgehead atoms. The maximum Gasteiger partial charge on any atom is 0.316 e. The summed E-state index contributed by atoms with van der Waals surface area (Å²) >= 11 is 0. The molecular weight excluding hydrogens is 318 g/mol. The highest BCUT2D eigenvalue weighted by Gasteiger charge is 2.20. The van der Waals surface area contributed by atoms with Gasteiger partial charge in [-0.2, -0.15) is 0 Å². The van der Waals surface area contributed by atoms with Gasteiger partial charge in [0.25, 0.3) is 5.91 Å². The van der Waals surface area contributed by atoms with Gasteiger partial charge in [-0.1, -0.05) is 12.1 Å². The molecule has 0 aliphatic carbocycles. The number of nitrogens with one attached hydrogen (secondary N) is 2. The summed E-state index contributed by atoms with van der Waals surface area (Å²) < 4.78 is 0. The number of hydrogen-bond acceptors (Lipinski definition) is 4. The number of anilines is 2. The van der Waals surface area contributed by atoms with Crippen LogP contribution in [0.25, 0.3) is 0 Å². The van der Waals surface area contributed by atoms with Crippen molar-refractivity contribution in [1.29, 1.82) is 0 Å². The van der Waals surface area contributed by atoms with E-state index in [0.717, 1.165) is 37.3 Å². The van der Waals surface area contributed by atoms with E-state index < -0.39 is 6.03 Å². The van der Waals surface area contributed by atoms with E-state index in [1.807, 2.05) is 12.1 Å². The summed E-state index contributed by atoms with van der Waals surface area (Å²) in [6, 6.07) is 10.1. The van der Waals surface area contributed by atoms with Crippen LogP contribution >= 0.6 is 0 Å².